The molecule has 0 N–H and O–H groups in total. The van der Waals surface area contributed by atoms with E-state index in [9.17, 15) is 0 Å². The number of hydrogen-bond acceptors (Lipinski definition) is 4. The van der Waals surface area contributed by atoms with Crippen LogP contribution < -0.4 is 0 Å². The van der Waals surface area contributed by atoms with Crippen LogP contribution in [0, 0.1) is 5.41 Å². The van der Waals surface area contributed by atoms with E-state index < -0.39 is 5.60 Å². The highest BCUT2D eigenvalue weighted by Gasteiger charge is 2.42. The van der Waals surface area contributed by atoms with Crippen molar-refractivity contribution in [3.05, 3.63) is 0 Å². The maximum atomic E-state index is 5.50. The second kappa shape index (κ2) is 4.49. The van der Waals surface area contributed by atoms with Crippen LogP contribution in [0.4, 0.5) is 0 Å². The Bertz CT molecular complexity index is 237. The molecule has 0 amide bonds. The predicted octanol–water partition coefficient (Wildman–Crippen LogP) is 1.84. The Morgan fingerprint density at radius 3 is 2.13 bits per heavy atom. The average molecular weight is 215 g/mol. The Morgan fingerprint density at radius 1 is 1.27 bits per heavy atom. The third-order valence-electron chi connectivity index (χ3n) is 2.52. The van der Waals surface area contributed by atoms with Crippen molar-refractivity contribution < 1.29 is 14.3 Å². The fraction of sp³-hybridized carbons (Fsp3) is 0.909. The van der Waals surface area contributed by atoms with E-state index in [0.29, 0.717) is 13.2 Å². The smallest absolute Gasteiger partial charge is 0.189 e. The van der Waals surface area contributed by atoms with Crippen LogP contribution in [-0.2, 0) is 14.3 Å². The predicted molar refractivity (Wildman–Crippen MR) is 59.1 cm³/mol. The second-order valence-electron chi connectivity index (χ2n) is 5.11. The minimum Gasteiger partial charge on any atom is -0.384 e. The van der Waals surface area contributed by atoms with Crippen molar-refractivity contribution in [3.63, 3.8) is 0 Å². The number of rotatable bonds is 4. The third kappa shape index (κ3) is 2.92. The van der Waals surface area contributed by atoms with E-state index in [2.05, 4.69) is 25.9 Å². The van der Waals surface area contributed by atoms with Crippen LogP contribution in [0.5, 0.6) is 0 Å². The molecular weight excluding hydrogens is 194 g/mol. The number of nitrogens with zero attached hydrogens (tertiary/aromatic N) is 1. The molecule has 0 aliphatic carbocycles. The van der Waals surface area contributed by atoms with Gasteiger partial charge in [-0.2, -0.15) is 0 Å². The molecule has 0 radical (unpaired) electrons. The Kier molecular flexibility index (Phi) is 3.73. The molecule has 0 saturated heterocycles. The monoisotopic (exact) mass is 215 g/mol. The van der Waals surface area contributed by atoms with Crippen molar-refractivity contribution in [2.45, 2.75) is 32.8 Å². The summed E-state index contributed by atoms with van der Waals surface area (Å²) < 4.78 is 10.3. The molecule has 15 heavy (non-hydrogen) atoms. The lowest BCUT2D eigenvalue weighted by molar-refractivity contribution is -0.105. The van der Waals surface area contributed by atoms with Crippen LogP contribution in [0.2, 0.25) is 0 Å². The molecule has 0 spiro atoms. The van der Waals surface area contributed by atoms with E-state index in [1.54, 1.807) is 14.2 Å². The molecule has 0 saturated carbocycles. The average Bonchev–Trinajstić information content (AvgIpc) is 2.50. The van der Waals surface area contributed by atoms with Crippen LogP contribution in [0.1, 0.15) is 27.2 Å². The molecule has 1 aliphatic rings. The molecule has 1 rings (SSSR count). The number of ether oxygens (including phenoxy) is 2. The molecule has 0 aromatic carbocycles. The van der Waals surface area contributed by atoms with Gasteiger partial charge in [-0.15, -0.1) is 0 Å². The lowest BCUT2D eigenvalue weighted by Gasteiger charge is -2.25. The highest BCUT2D eigenvalue weighted by atomic mass is 16.7. The second-order valence-corrected chi connectivity index (χ2v) is 5.11. The summed E-state index contributed by atoms with van der Waals surface area (Å²) in [4.78, 5) is 5.50. The van der Waals surface area contributed by atoms with Crippen molar-refractivity contribution in [2.24, 2.45) is 10.6 Å². The van der Waals surface area contributed by atoms with E-state index in [-0.39, 0.29) is 5.41 Å². The standard InChI is InChI=1S/C11H21NO3/c1-10(2,3)9-6-11(7-13-4,8-14-5)15-12-9/h6-8H2,1-5H3. The van der Waals surface area contributed by atoms with Gasteiger partial charge in [0, 0.05) is 26.1 Å². The Labute approximate surface area is 91.6 Å². The molecule has 0 bridgehead atoms. The van der Waals surface area contributed by atoms with E-state index in [1.807, 2.05) is 0 Å². The number of methoxy groups -OCH3 is 2. The molecule has 1 aliphatic heterocycles. The van der Waals surface area contributed by atoms with Gasteiger partial charge in [-0.1, -0.05) is 25.9 Å². The summed E-state index contributed by atoms with van der Waals surface area (Å²) in [5.41, 5.74) is 0.687. The summed E-state index contributed by atoms with van der Waals surface area (Å²) in [6.45, 7) is 7.40. The van der Waals surface area contributed by atoms with E-state index >= 15 is 0 Å². The van der Waals surface area contributed by atoms with Crippen molar-refractivity contribution in [1.29, 1.82) is 0 Å². The molecule has 0 aromatic heterocycles. The van der Waals surface area contributed by atoms with Gasteiger partial charge in [0.25, 0.3) is 0 Å². The van der Waals surface area contributed by atoms with E-state index in [1.165, 1.54) is 0 Å². The van der Waals surface area contributed by atoms with Gasteiger partial charge in [0.15, 0.2) is 5.60 Å². The SMILES string of the molecule is COCC1(COC)CC(C(C)(C)C)=NO1. The van der Waals surface area contributed by atoms with E-state index in [4.69, 9.17) is 14.3 Å². The van der Waals surface area contributed by atoms with Crippen molar-refractivity contribution >= 4 is 5.71 Å². The van der Waals surface area contributed by atoms with Gasteiger partial charge in [-0.25, -0.2) is 0 Å². The van der Waals surface area contributed by atoms with Crippen LogP contribution in [0.25, 0.3) is 0 Å². The maximum Gasteiger partial charge on any atom is 0.189 e. The fourth-order valence-electron chi connectivity index (χ4n) is 1.65. The highest BCUT2D eigenvalue weighted by Crippen LogP contribution is 2.32. The maximum absolute atomic E-state index is 5.50. The van der Waals surface area contributed by atoms with Gasteiger partial charge in [0.05, 0.1) is 18.9 Å². The largest absolute Gasteiger partial charge is 0.384 e. The summed E-state index contributed by atoms with van der Waals surface area (Å²) >= 11 is 0. The lowest BCUT2D eigenvalue weighted by Crippen LogP contribution is -2.40. The normalized spacial score (nSPS) is 19.9. The molecule has 0 aromatic rings. The molecule has 1 heterocycles. The fourth-order valence-corrected chi connectivity index (χ4v) is 1.65. The Hall–Kier alpha value is -0.610. The molecule has 0 fully saturated rings. The molecule has 0 unspecified atom stereocenters. The van der Waals surface area contributed by atoms with Gasteiger partial charge >= 0.3 is 0 Å². The zero-order valence-corrected chi connectivity index (χ0v) is 10.3. The van der Waals surface area contributed by atoms with Crippen molar-refractivity contribution in [3.8, 4) is 0 Å². The van der Waals surface area contributed by atoms with Gasteiger partial charge in [0.1, 0.15) is 0 Å². The molecule has 88 valence electrons. The number of hydrogen-bond donors (Lipinski definition) is 0. The first-order valence-electron chi connectivity index (χ1n) is 5.17. The van der Waals surface area contributed by atoms with Gasteiger partial charge in [-0.05, 0) is 0 Å². The van der Waals surface area contributed by atoms with Crippen molar-refractivity contribution in [2.75, 3.05) is 27.4 Å². The topological polar surface area (TPSA) is 40.0 Å². The summed E-state index contributed by atoms with van der Waals surface area (Å²) in [5, 5.41) is 4.15. The van der Waals surface area contributed by atoms with Gasteiger partial charge < -0.3 is 14.3 Å². The quantitative estimate of drug-likeness (QED) is 0.718. The van der Waals surface area contributed by atoms with Crippen LogP contribution in [0.3, 0.4) is 0 Å². The van der Waals surface area contributed by atoms with Crippen molar-refractivity contribution in [1.82, 2.24) is 0 Å². The first-order valence-corrected chi connectivity index (χ1v) is 5.17. The zero-order chi connectivity index (χ0) is 11.5. The minimum atomic E-state index is -0.424. The van der Waals surface area contributed by atoms with Gasteiger partial charge in [0.2, 0.25) is 0 Å². The molecule has 4 nitrogen and oxygen atoms in total. The van der Waals surface area contributed by atoms with Crippen LogP contribution in [-0.4, -0.2) is 38.7 Å². The third-order valence-corrected chi connectivity index (χ3v) is 2.52. The summed E-state index contributed by atoms with van der Waals surface area (Å²) in [6, 6.07) is 0. The lowest BCUT2D eigenvalue weighted by atomic mass is 9.84. The first-order chi connectivity index (χ1) is 6.93. The van der Waals surface area contributed by atoms with Crippen LogP contribution in [0.15, 0.2) is 5.16 Å². The first kappa shape index (κ1) is 12.5. The molecular formula is C11H21NO3. The summed E-state index contributed by atoms with van der Waals surface area (Å²) in [5.74, 6) is 0. The Morgan fingerprint density at radius 2 is 1.80 bits per heavy atom. The minimum absolute atomic E-state index is 0.0449. The zero-order valence-electron chi connectivity index (χ0n) is 10.3. The van der Waals surface area contributed by atoms with Crippen LogP contribution >= 0.6 is 0 Å². The summed E-state index contributed by atoms with van der Waals surface area (Å²) in [7, 11) is 3.33. The Balaban J connectivity index is 2.68. The molecule has 0 atom stereocenters. The van der Waals surface area contributed by atoms with Gasteiger partial charge in [-0.3, -0.25) is 0 Å². The summed E-state index contributed by atoms with van der Waals surface area (Å²) in [6.07, 6.45) is 0.776. The molecule has 4 heteroatoms. The highest BCUT2D eigenvalue weighted by molar-refractivity contribution is 5.90. The van der Waals surface area contributed by atoms with E-state index in [0.717, 1.165) is 12.1 Å². The number of oxime groups is 1.